The van der Waals surface area contributed by atoms with Crippen LogP contribution in [-0.2, 0) is 10.0 Å². The Balaban J connectivity index is 2.38. The summed E-state index contributed by atoms with van der Waals surface area (Å²) in [6.07, 6.45) is 1.33. The van der Waals surface area contributed by atoms with Crippen LogP contribution in [0.1, 0.15) is 16.1 Å². The van der Waals surface area contributed by atoms with E-state index in [4.69, 9.17) is 5.26 Å². The Labute approximate surface area is 115 Å². The highest BCUT2D eigenvalue weighted by atomic mass is 32.2. The fourth-order valence-electron chi connectivity index (χ4n) is 1.46. The van der Waals surface area contributed by atoms with Crippen molar-refractivity contribution in [3.8, 4) is 6.07 Å². The van der Waals surface area contributed by atoms with Crippen molar-refractivity contribution < 1.29 is 8.42 Å². The van der Waals surface area contributed by atoms with Crippen LogP contribution in [0.2, 0.25) is 0 Å². The second kappa shape index (κ2) is 4.99. The van der Waals surface area contributed by atoms with Crippen LogP contribution in [0.3, 0.4) is 0 Å². The maximum atomic E-state index is 12.1. The Morgan fingerprint density at radius 3 is 2.68 bits per heavy atom. The number of nitrogens with one attached hydrogen (secondary N) is 1. The van der Waals surface area contributed by atoms with Gasteiger partial charge >= 0.3 is 0 Å². The zero-order valence-corrected chi connectivity index (χ0v) is 12.0. The first-order valence-electron chi connectivity index (χ1n) is 5.38. The molecule has 19 heavy (non-hydrogen) atoms. The van der Waals surface area contributed by atoms with E-state index in [1.54, 1.807) is 26.0 Å². The van der Waals surface area contributed by atoms with Crippen molar-refractivity contribution in [1.82, 2.24) is 4.98 Å². The van der Waals surface area contributed by atoms with E-state index >= 15 is 0 Å². The summed E-state index contributed by atoms with van der Waals surface area (Å²) in [7, 11) is -3.64. The molecule has 5 nitrogen and oxygen atoms in total. The minimum Gasteiger partial charge on any atom is -0.279 e. The average Bonchev–Trinajstić information content (AvgIpc) is 2.79. The fraction of sp³-hybridized carbons (Fsp3) is 0.167. The number of nitrogens with zero attached hydrogens (tertiary/aromatic N) is 2. The van der Waals surface area contributed by atoms with Gasteiger partial charge < -0.3 is 0 Å². The van der Waals surface area contributed by atoms with Crippen molar-refractivity contribution in [3.63, 3.8) is 0 Å². The van der Waals surface area contributed by atoms with Gasteiger partial charge in [0.2, 0.25) is 0 Å². The molecular weight excluding hydrogens is 282 g/mol. The second-order valence-corrected chi connectivity index (χ2v) is 7.09. The predicted molar refractivity (Wildman–Crippen MR) is 73.6 cm³/mol. The van der Waals surface area contributed by atoms with Crippen molar-refractivity contribution in [2.75, 3.05) is 4.72 Å². The fourth-order valence-corrected chi connectivity index (χ4v) is 3.69. The van der Waals surface area contributed by atoms with Gasteiger partial charge in [-0.3, -0.25) is 4.72 Å². The molecule has 0 bridgehead atoms. The molecule has 0 aliphatic heterocycles. The van der Waals surface area contributed by atoms with Gasteiger partial charge in [0.05, 0.1) is 28.5 Å². The van der Waals surface area contributed by atoms with Crippen LogP contribution >= 0.6 is 11.3 Å². The van der Waals surface area contributed by atoms with Gasteiger partial charge in [-0.15, -0.1) is 11.3 Å². The van der Waals surface area contributed by atoms with Gasteiger partial charge in [-0.05, 0) is 31.5 Å². The highest BCUT2D eigenvalue weighted by molar-refractivity contribution is 7.94. The van der Waals surface area contributed by atoms with E-state index in [1.165, 1.54) is 12.3 Å². The lowest BCUT2D eigenvalue weighted by Crippen LogP contribution is -2.12. The molecule has 0 amide bonds. The molecule has 98 valence electrons. The van der Waals surface area contributed by atoms with Crippen molar-refractivity contribution in [2.45, 2.75) is 18.1 Å². The number of thiazole rings is 1. The number of hydrogen-bond donors (Lipinski definition) is 1. The Bertz CT molecular complexity index is 758. The minimum atomic E-state index is -3.64. The van der Waals surface area contributed by atoms with E-state index in [2.05, 4.69) is 9.71 Å². The molecular formula is C12H11N3O2S2. The van der Waals surface area contributed by atoms with E-state index < -0.39 is 10.0 Å². The third kappa shape index (κ3) is 2.92. The van der Waals surface area contributed by atoms with Gasteiger partial charge in [-0.1, -0.05) is 6.07 Å². The maximum absolute atomic E-state index is 12.1. The molecule has 7 heteroatoms. The molecule has 1 heterocycles. The molecule has 0 aliphatic rings. The molecule has 0 atom stereocenters. The molecule has 2 rings (SSSR count). The maximum Gasteiger partial charge on any atom is 0.273 e. The summed E-state index contributed by atoms with van der Waals surface area (Å²) >= 11 is 1.10. The number of hydrogen-bond acceptors (Lipinski definition) is 5. The standard InChI is InChI=1S/C12H11N3O2S2/c1-8-3-4-10(6-13)5-11(8)15-19(16,17)12-7-14-9(2)18-12/h3-5,7,15H,1-2H3. The monoisotopic (exact) mass is 293 g/mol. The molecule has 0 saturated carbocycles. The summed E-state index contributed by atoms with van der Waals surface area (Å²) in [5.41, 5.74) is 1.57. The summed E-state index contributed by atoms with van der Waals surface area (Å²) in [5.74, 6) is 0. The largest absolute Gasteiger partial charge is 0.279 e. The molecule has 0 fully saturated rings. The van der Waals surface area contributed by atoms with Crippen LogP contribution in [0.15, 0.2) is 28.6 Å². The summed E-state index contributed by atoms with van der Waals surface area (Å²) in [4.78, 5) is 3.93. The van der Waals surface area contributed by atoms with E-state index in [0.29, 0.717) is 16.3 Å². The van der Waals surface area contributed by atoms with E-state index in [9.17, 15) is 8.42 Å². The third-order valence-corrected chi connectivity index (χ3v) is 5.22. The molecule has 0 aliphatic carbocycles. The van der Waals surface area contributed by atoms with Crippen molar-refractivity contribution in [1.29, 1.82) is 5.26 Å². The van der Waals surface area contributed by atoms with Gasteiger partial charge in [0, 0.05) is 0 Å². The SMILES string of the molecule is Cc1ncc(S(=O)(=O)Nc2cc(C#N)ccc2C)s1. The highest BCUT2D eigenvalue weighted by Gasteiger charge is 2.18. The highest BCUT2D eigenvalue weighted by Crippen LogP contribution is 2.24. The topological polar surface area (TPSA) is 82.8 Å². The number of aryl methyl sites for hydroxylation is 2. The van der Waals surface area contributed by atoms with Crippen LogP contribution in [0, 0.1) is 25.2 Å². The van der Waals surface area contributed by atoms with Crippen LogP contribution in [0.4, 0.5) is 5.69 Å². The lowest BCUT2D eigenvalue weighted by Gasteiger charge is -2.09. The normalized spacial score (nSPS) is 11.0. The summed E-state index contributed by atoms with van der Waals surface area (Å²) in [6.45, 7) is 3.52. The first-order chi connectivity index (χ1) is 8.92. The summed E-state index contributed by atoms with van der Waals surface area (Å²) in [5, 5.41) is 9.52. The first kappa shape index (κ1) is 13.5. The molecule has 1 aromatic heterocycles. The number of anilines is 1. The van der Waals surface area contributed by atoms with Crippen LogP contribution in [0.25, 0.3) is 0 Å². The number of benzene rings is 1. The Kier molecular flexibility index (Phi) is 3.55. The number of aromatic nitrogens is 1. The Hall–Kier alpha value is -1.91. The number of sulfonamides is 1. The average molecular weight is 293 g/mol. The zero-order chi connectivity index (χ0) is 14.0. The molecule has 0 spiro atoms. The minimum absolute atomic E-state index is 0.159. The molecule has 0 unspecified atom stereocenters. The summed E-state index contributed by atoms with van der Waals surface area (Å²) < 4.78 is 26.9. The van der Waals surface area contributed by atoms with E-state index in [1.807, 2.05) is 6.07 Å². The number of nitriles is 1. The Morgan fingerprint density at radius 1 is 1.37 bits per heavy atom. The second-order valence-electron chi connectivity index (χ2n) is 3.95. The van der Waals surface area contributed by atoms with Gasteiger partial charge in [-0.2, -0.15) is 5.26 Å². The van der Waals surface area contributed by atoms with Gasteiger partial charge in [0.25, 0.3) is 10.0 Å². The molecule has 1 N–H and O–H groups in total. The predicted octanol–water partition coefficient (Wildman–Crippen LogP) is 2.43. The lowest BCUT2D eigenvalue weighted by molar-refractivity contribution is 0.603. The summed E-state index contributed by atoms with van der Waals surface area (Å²) in [6, 6.07) is 6.84. The third-order valence-electron chi connectivity index (χ3n) is 2.48. The van der Waals surface area contributed by atoms with E-state index in [-0.39, 0.29) is 4.21 Å². The van der Waals surface area contributed by atoms with Crippen molar-refractivity contribution in [2.24, 2.45) is 0 Å². The van der Waals surface area contributed by atoms with Crippen molar-refractivity contribution >= 4 is 27.0 Å². The zero-order valence-electron chi connectivity index (χ0n) is 10.3. The molecule has 0 saturated heterocycles. The van der Waals surface area contributed by atoms with Crippen LogP contribution in [0.5, 0.6) is 0 Å². The molecule has 1 aromatic carbocycles. The van der Waals surface area contributed by atoms with Gasteiger partial charge in [0.1, 0.15) is 0 Å². The van der Waals surface area contributed by atoms with E-state index in [0.717, 1.165) is 16.9 Å². The molecule has 0 radical (unpaired) electrons. The smallest absolute Gasteiger partial charge is 0.273 e. The lowest BCUT2D eigenvalue weighted by atomic mass is 10.1. The Morgan fingerprint density at radius 2 is 2.11 bits per heavy atom. The molecule has 2 aromatic rings. The van der Waals surface area contributed by atoms with Gasteiger partial charge in [0.15, 0.2) is 4.21 Å². The first-order valence-corrected chi connectivity index (χ1v) is 7.68. The number of rotatable bonds is 3. The van der Waals surface area contributed by atoms with Crippen molar-refractivity contribution in [3.05, 3.63) is 40.5 Å². The van der Waals surface area contributed by atoms with Crippen LogP contribution < -0.4 is 4.72 Å². The van der Waals surface area contributed by atoms with Crippen LogP contribution in [-0.4, -0.2) is 13.4 Å². The quantitative estimate of drug-likeness (QED) is 0.942. The van der Waals surface area contributed by atoms with Gasteiger partial charge in [-0.25, -0.2) is 13.4 Å².